The average molecular weight is 263 g/mol. The minimum Gasteiger partial charge on any atom is -0.490 e. The first-order valence-electron chi connectivity index (χ1n) is 7.14. The molecule has 19 heavy (non-hydrogen) atoms. The summed E-state index contributed by atoms with van der Waals surface area (Å²) in [6.45, 7) is 6.43. The molecule has 0 aliphatic carbocycles. The van der Waals surface area contributed by atoms with Gasteiger partial charge in [-0.2, -0.15) is 0 Å². The van der Waals surface area contributed by atoms with Crippen LogP contribution in [0, 0.1) is 0 Å². The SMILES string of the molecule is CN(CCOc1ccccc1N)CCN1CCCC1. The predicted molar refractivity (Wildman–Crippen MR) is 79.5 cm³/mol. The van der Waals surface area contributed by atoms with E-state index in [0.29, 0.717) is 12.3 Å². The van der Waals surface area contributed by atoms with Gasteiger partial charge in [-0.05, 0) is 45.1 Å². The lowest BCUT2D eigenvalue weighted by atomic mass is 10.3. The minimum atomic E-state index is 0.685. The lowest BCUT2D eigenvalue weighted by Crippen LogP contribution is -2.33. The highest BCUT2D eigenvalue weighted by Crippen LogP contribution is 2.19. The number of likely N-dealkylation sites (tertiary alicyclic amines) is 1. The van der Waals surface area contributed by atoms with Gasteiger partial charge in [0.25, 0.3) is 0 Å². The number of anilines is 1. The third kappa shape index (κ3) is 4.73. The summed E-state index contributed by atoms with van der Waals surface area (Å²) in [4.78, 5) is 4.85. The summed E-state index contributed by atoms with van der Waals surface area (Å²) in [5, 5.41) is 0. The third-order valence-electron chi connectivity index (χ3n) is 3.65. The van der Waals surface area contributed by atoms with Gasteiger partial charge in [-0.25, -0.2) is 0 Å². The van der Waals surface area contributed by atoms with Gasteiger partial charge in [0.15, 0.2) is 0 Å². The van der Waals surface area contributed by atoms with Gasteiger partial charge in [-0.15, -0.1) is 0 Å². The minimum absolute atomic E-state index is 0.685. The molecular weight excluding hydrogens is 238 g/mol. The van der Waals surface area contributed by atoms with E-state index in [0.717, 1.165) is 18.8 Å². The number of benzene rings is 1. The molecular formula is C15H25N3O. The summed E-state index contributed by atoms with van der Waals surface area (Å²) in [5.41, 5.74) is 6.54. The molecule has 4 nitrogen and oxygen atoms in total. The number of hydrogen-bond donors (Lipinski definition) is 1. The van der Waals surface area contributed by atoms with Crippen molar-refractivity contribution in [3.05, 3.63) is 24.3 Å². The van der Waals surface area contributed by atoms with Gasteiger partial charge in [0.05, 0.1) is 5.69 Å². The van der Waals surface area contributed by atoms with Crippen molar-refractivity contribution < 1.29 is 4.74 Å². The van der Waals surface area contributed by atoms with E-state index >= 15 is 0 Å². The number of nitrogens with two attached hydrogens (primary N) is 1. The molecule has 0 aromatic heterocycles. The maximum absolute atomic E-state index is 5.83. The van der Waals surface area contributed by atoms with Crippen molar-refractivity contribution in [2.75, 3.05) is 52.1 Å². The molecule has 4 heteroatoms. The molecule has 1 aliphatic heterocycles. The van der Waals surface area contributed by atoms with E-state index in [1.54, 1.807) is 0 Å². The quantitative estimate of drug-likeness (QED) is 0.760. The Morgan fingerprint density at radius 1 is 1.21 bits per heavy atom. The predicted octanol–water partition coefficient (Wildman–Crippen LogP) is 1.68. The molecule has 1 aromatic carbocycles. The molecule has 1 aromatic rings. The number of hydrogen-bond acceptors (Lipinski definition) is 4. The van der Waals surface area contributed by atoms with E-state index in [9.17, 15) is 0 Å². The summed E-state index contributed by atoms with van der Waals surface area (Å²) < 4.78 is 5.70. The van der Waals surface area contributed by atoms with Crippen LogP contribution in [0.1, 0.15) is 12.8 Å². The molecule has 1 aliphatic rings. The fourth-order valence-electron chi connectivity index (χ4n) is 2.35. The lowest BCUT2D eigenvalue weighted by molar-refractivity contribution is 0.213. The van der Waals surface area contributed by atoms with Crippen LogP contribution in [0.25, 0.3) is 0 Å². The van der Waals surface area contributed by atoms with E-state index in [1.165, 1.54) is 32.5 Å². The Hall–Kier alpha value is -1.26. The third-order valence-corrected chi connectivity index (χ3v) is 3.65. The number of para-hydroxylation sites is 2. The van der Waals surface area contributed by atoms with Gasteiger partial charge in [0.1, 0.15) is 12.4 Å². The maximum atomic E-state index is 5.83. The number of nitrogens with zero attached hydrogens (tertiary/aromatic N) is 2. The maximum Gasteiger partial charge on any atom is 0.142 e. The molecule has 1 fully saturated rings. The Morgan fingerprint density at radius 3 is 2.68 bits per heavy atom. The first-order chi connectivity index (χ1) is 9.25. The Morgan fingerprint density at radius 2 is 1.95 bits per heavy atom. The van der Waals surface area contributed by atoms with Crippen LogP contribution >= 0.6 is 0 Å². The summed E-state index contributed by atoms with van der Waals surface area (Å²) in [6, 6.07) is 7.65. The van der Waals surface area contributed by atoms with Crippen molar-refractivity contribution in [3.63, 3.8) is 0 Å². The van der Waals surface area contributed by atoms with Crippen LogP contribution in [0.4, 0.5) is 5.69 Å². The van der Waals surface area contributed by atoms with E-state index < -0.39 is 0 Å². The smallest absolute Gasteiger partial charge is 0.142 e. The highest BCUT2D eigenvalue weighted by atomic mass is 16.5. The summed E-state index contributed by atoms with van der Waals surface area (Å²) in [5.74, 6) is 0.787. The van der Waals surface area contributed by atoms with Crippen molar-refractivity contribution in [3.8, 4) is 5.75 Å². The molecule has 0 saturated carbocycles. The topological polar surface area (TPSA) is 41.7 Å². The van der Waals surface area contributed by atoms with Crippen LogP contribution in [0.2, 0.25) is 0 Å². The number of likely N-dealkylation sites (N-methyl/N-ethyl adjacent to an activating group) is 1. The van der Waals surface area contributed by atoms with Crippen LogP contribution in [-0.2, 0) is 0 Å². The second kappa shape index (κ2) is 7.36. The van der Waals surface area contributed by atoms with Gasteiger partial charge in [-0.3, -0.25) is 0 Å². The van der Waals surface area contributed by atoms with Crippen LogP contribution in [0.3, 0.4) is 0 Å². The number of nitrogen functional groups attached to an aromatic ring is 1. The fraction of sp³-hybridized carbons (Fsp3) is 0.600. The highest BCUT2D eigenvalue weighted by Gasteiger charge is 2.11. The largest absolute Gasteiger partial charge is 0.490 e. The first-order valence-corrected chi connectivity index (χ1v) is 7.14. The zero-order chi connectivity index (χ0) is 13.5. The number of ether oxygens (including phenoxy) is 1. The normalized spacial score (nSPS) is 16.1. The first kappa shape index (κ1) is 14.2. The summed E-state index contributed by atoms with van der Waals surface area (Å²) in [6.07, 6.45) is 2.72. The second-order valence-corrected chi connectivity index (χ2v) is 5.24. The van der Waals surface area contributed by atoms with E-state index in [1.807, 2.05) is 24.3 Å². The van der Waals surface area contributed by atoms with Crippen LogP contribution < -0.4 is 10.5 Å². The molecule has 0 spiro atoms. The molecule has 0 amide bonds. The average Bonchev–Trinajstić information content (AvgIpc) is 2.92. The molecule has 0 atom stereocenters. The Kier molecular flexibility index (Phi) is 5.48. The van der Waals surface area contributed by atoms with Gasteiger partial charge in [0, 0.05) is 19.6 Å². The van der Waals surface area contributed by atoms with Crippen LogP contribution in [0.5, 0.6) is 5.75 Å². The van der Waals surface area contributed by atoms with Crippen molar-refractivity contribution in [1.29, 1.82) is 0 Å². The molecule has 1 heterocycles. The molecule has 0 bridgehead atoms. The molecule has 1 saturated heterocycles. The Labute approximate surface area is 116 Å². The van der Waals surface area contributed by atoms with E-state index in [-0.39, 0.29) is 0 Å². The molecule has 2 rings (SSSR count). The van der Waals surface area contributed by atoms with E-state index in [4.69, 9.17) is 10.5 Å². The van der Waals surface area contributed by atoms with Gasteiger partial charge in [0.2, 0.25) is 0 Å². The van der Waals surface area contributed by atoms with E-state index in [2.05, 4.69) is 16.8 Å². The van der Waals surface area contributed by atoms with Gasteiger partial charge >= 0.3 is 0 Å². The molecule has 106 valence electrons. The van der Waals surface area contributed by atoms with Crippen molar-refractivity contribution in [1.82, 2.24) is 9.80 Å². The van der Waals surface area contributed by atoms with Crippen molar-refractivity contribution in [2.24, 2.45) is 0 Å². The Balaban J connectivity index is 1.61. The van der Waals surface area contributed by atoms with Crippen molar-refractivity contribution in [2.45, 2.75) is 12.8 Å². The molecule has 0 unspecified atom stereocenters. The summed E-state index contributed by atoms with van der Waals surface area (Å²) >= 11 is 0. The fourth-order valence-corrected chi connectivity index (χ4v) is 2.35. The lowest BCUT2D eigenvalue weighted by Gasteiger charge is -2.21. The van der Waals surface area contributed by atoms with Crippen LogP contribution in [0.15, 0.2) is 24.3 Å². The monoisotopic (exact) mass is 263 g/mol. The molecule has 2 N–H and O–H groups in total. The van der Waals surface area contributed by atoms with Crippen molar-refractivity contribution >= 4 is 5.69 Å². The number of rotatable bonds is 7. The Bertz CT molecular complexity index is 377. The van der Waals surface area contributed by atoms with Crippen LogP contribution in [-0.4, -0.2) is 56.2 Å². The zero-order valence-electron chi connectivity index (χ0n) is 11.8. The second-order valence-electron chi connectivity index (χ2n) is 5.24. The standard InChI is InChI=1S/C15H25N3O/c1-17(10-11-18-8-4-5-9-18)12-13-19-15-7-3-2-6-14(15)16/h2-3,6-7H,4-5,8-13,16H2,1H3. The van der Waals surface area contributed by atoms with Gasteiger partial charge < -0.3 is 20.3 Å². The summed E-state index contributed by atoms with van der Waals surface area (Å²) in [7, 11) is 2.15. The zero-order valence-corrected chi connectivity index (χ0v) is 11.8. The highest BCUT2D eigenvalue weighted by molar-refractivity contribution is 5.51. The molecule has 0 radical (unpaired) electrons. The van der Waals surface area contributed by atoms with Gasteiger partial charge in [-0.1, -0.05) is 12.1 Å².